The van der Waals surface area contributed by atoms with Gasteiger partial charge >= 0.3 is 5.97 Å². The van der Waals surface area contributed by atoms with Crippen LogP contribution in [0, 0.1) is 17.3 Å². The minimum Gasteiger partial charge on any atom is -0.497 e. The van der Waals surface area contributed by atoms with E-state index in [1.165, 1.54) is 7.11 Å². The summed E-state index contributed by atoms with van der Waals surface area (Å²) in [5, 5.41) is 22.6. The maximum Gasteiger partial charge on any atom is 0.319 e. The van der Waals surface area contributed by atoms with Gasteiger partial charge < -0.3 is 19.7 Å². The molecular formula is C22H28N2O5. The number of rotatable bonds is 3. The fourth-order valence-corrected chi connectivity index (χ4v) is 6.55. The van der Waals surface area contributed by atoms with Crippen molar-refractivity contribution in [1.82, 2.24) is 4.90 Å². The van der Waals surface area contributed by atoms with Crippen molar-refractivity contribution in [3.05, 3.63) is 23.8 Å². The summed E-state index contributed by atoms with van der Waals surface area (Å²) in [4.78, 5) is 20.6. The van der Waals surface area contributed by atoms with Gasteiger partial charge in [0.15, 0.2) is 0 Å². The summed E-state index contributed by atoms with van der Waals surface area (Å²) in [5.41, 5.74) is -0.554. The number of aliphatic hydroxyl groups is 2. The number of carbonyl (C=O) groups excluding carboxylic acids is 1. The van der Waals surface area contributed by atoms with E-state index in [-0.39, 0.29) is 23.8 Å². The van der Waals surface area contributed by atoms with Crippen LogP contribution < -0.4 is 4.74 Å². The van der Waals surface area contributed by atoms with Gasteiger partial charge in [0.25, 0.3) is 0 Å². The van der Waals surface area contributed by atoms with Crippen molar-refractivity contribution >= 4 is 17.4 Å². The number of aliphatic hydroxyl groups excluding tert-OH is 1. The maximum absolute atomic E-state index is 13.4. The van der Waals surface area contributed by atoms with Crippen LogP contribution in [0.25, 0.3) is 0 Å². The molecule has 3 saturated heterocycles. The van der Waals surface area contributed by atoms with Crippen LogP contribution in [0.5, 0.6) is 5.75 Å². The van der Waals surface area contributed by atoms with E-state index < -0.39 is 17.1 Å². The highest BCUT2D eigenvalue weighted by atomic mass is 16.5. The second-order valence-corrected chi connectivity index (χ2v) is 9.07. The Balaban J connectivity index is 1.74. The van der Waals surface area contributed by atoms with Gasteiger partial charge in [-0.15, -0.1) is 0 Å². The summed E-state index contributed by atoms with van der Waals surface area (Å²) in [6.07, 6.45) is 1.37. The average molecular weight is 400 g/mol. The zero-order valence-corrected chi connectivity index (χ0v) is 17.1. The minimum atomic E-state index is -1.35. The summed E-state index contributed by atoms with van der Waals surface area (Å²) in [6.45, 7) is 3.31. The lowest BCUT2D eigenvalue weighted by Crippen LogP contribution is -2.69. The monoisotopic (exact) mass is 400 g/mol. The number of benzene rings is 1. The molecule has 2 N–H and O–H groups in total. The van der Waals surface area contributed by atoms with E-state index in [9.17, 15) is 15.0 Å². The van der Waals surface area contributed by atoms with Gasteiger partial charge in [-0.25, -0.2) is 0 Å². The lowest BCUT2D eigenvalue weighted by molar-refractivity contribution is -0.168. The molecule has 7 heteroatoms. The molecule has 4 bridgehead atoms. The molecule has 1 saturated carbocycles. The van der Waals surface area contributed by atoms with Crippen LogP contribution in [0.15, 0.2) is 23.2 Å². The number of esters is 1. The van der Waals surface area contributed by atoms with Crippen LogP contribution in [0.1, 0.15) is 31.7 Å². The van der Waals surface area contributed by atoms with E-state index >= 15 is 0 Å². The van der Waals surface area contributed by atoms with Gasteiger partial charge in [-0.05, 0) is 50.3 Å². The predicted molar refractivity (Wildman–Crippen MR) is 106 cm³/mol. The lowest BCUT2D eigenvalue weighted by atomic mass is 9.54. The second kappa shape index (κ2) is 6.27. The third-order valence-electron chi connectivity index (χ3n) is 7.64. The van der Waals surface area contributed by atoms with Crippen molar-refractivity contribution in [2.45, 2.75) is 43.9 Å². The molecule has 1 aromatic carbocycles. The maximum atomic E-state index is 13.4. The molecule has 5 aliphatic rings. The van der Waals surface area contributed by atoms with Crippen LogP contribution in [-0.2, 0) is 15.1 Å². The fourth-order valence-electron chi connectivity index (χ4n) is 6.55. The van der Waals surface area contributed by atoms with Crippen molar-refractivity contribution in [3.8, 4) is 5.75 Å². The summed E-state index contributed by atoms with van der Waals surface area (Å²) in [5.74, 6) is 0.477. The van der Waals surface area contributed by atoms with Gasteiger partial charge in [-0.3, -0.25) is 14.7 Å². The Bertz CT molecular complexity index is 899. The third-order valence-corrected chi connectivity index (χ3v) is 7.64. The van der Waals surface area contributed by atoms with E-state index in [0.29, 0.717) is 42.1 Å². The molecule has 0 aromatic heterocycles. The number of hydrogen-bond donors (Lipinski definition) is 2. The van der Waals surface area contributed by atoms with E-state index in [4.69, 9.17) is 14.5 Å². The SMILES string of the molecule is COC(=O)[C@@]12C[C@@H]3C[C@H]([C@H](C)O)[C@H]1N(CC[C@@]1(O)C2=Nc2ccc(OC)cc21)C3. The summed E-state index contributed by atoms with van der Waals surface area (Å²) in [6, 6.07) is 5.25. The quantitative estimate of drug-likeness (QED) is 0.750. The second-order valence-electron chi connectivity index (χ2n) is 9.07. The minimum absolute atomic E-state index is 0.0649. The number of carbonyl (C=O) groups is 1. The third kappa shape index (κ3) is 2.35. The molecule has 0 spiro atoms. The van der Waals surface area contributed by atoms with Crippen LogP contribution in [0.2, 0.25) is 0 Å². The topological polar surface area (TPSA) is 91.6 Å². The predicted octanol–water partition coefficient (Wildman–Crippen LogP) is 1.62. The summed E-state index contributed by atoms with van der Waals surface area (Å²) < 4.78 is 10.7. The number of hydrogen-bond acceptors (Lipinski definition) is 7. The van der Waals surface area contributed by atoms with Crippen molar-refractivity contribution in [1.29, 1.82) is 0 Å². The van der Waals surface area contributed by atoms with E-state index in [0.717, 1.165) is 13.0 Å². The average Bonchev–Trinajstić information content (AvgIpc) is 3.00. The molecule has 7 nitrogen and oxygen atoms in total. The van der Waals surface area contributed by atoms with Gasteiger partial charge in [0.2, 0.25) is 0 Å². The van der Waals surface area contributed by atoms with Gasteiger partial charge in [0, 0.05) is 30.6 Å². The Morgan fingerprint density at radius 1 is 1.38 bits per heavy atom. The highest BCUT2D eigenvalue weighted by molar-refractivity contribution is 6.15. The number of piperidine rings is 2. The van der Waals surface area contributed by atoms with E-state index in [1.54, 1.807) is 14.0 Å². The van der Waals surface area contributed by atoms with E-state index in [2.05, 4.69) is 4.90 Å². The fraction of sp³-hybridized carbons (Fsp3) is 0.636. The first-order valence-electron chi connectivity index (χ1n) is 10.4. The van der Waals surface area contributed by atoms with E-state index in [1.807, 2.05) is 18.2 Å². The molecule has 29 heavy (non-hydrogen) atoms. The summed E-state index contributed by atoms with van der Waals surface area (Å²) >= 11 is 0. The molecule has 156 valence electrons. The van der Waals surface area contributed by atoms with Crippen LogP contribution in [0.3, 0.4) is 0 Å². The Morgan fingerprint density at radius 3 is 2.86 bits per heavy atom. The number of nitrogens with zero attached hydrogens (tertiary/aromatic N) is 2. The highest BCUT2D eigenvalue weighted by Crippen LogP contribution is 2.60. The largest absolute Gasteiger partial charge is 0.497 e. The molecule has 4 aliphatic heterocycles. The van der Waals surface area contributed by atoms with Crippen LogP contribution >= 0.6 is 0 Å². The molecule has 4 fully saturated rings. The van der Waals surface area contributed by atoms with Gasteiger partial charge in [0.1, 0.15) is 16.8 Å². The van der Waals surface area contributed by atoms with Gasteiger partial charge in [-0.1, -0.05) is 0 Å². The Morgan fingerprint density at radius 2 is 2.17 bits per heavy atom. The van der Waals surface area contributed by atoms with Gasteiger partial charge in [0.05, 0.1) is 31.7 Å². The molecule has 4 heterocycles. The Labute approximate surface area is 170 Å². The first kappa shape index (κ1) is 19.0. The highest BCUT2D eigenvalue weighted by Gasteiger charge is 2.69. The molecule has 7 atom stereocenters. The van der Waals surface area contributed by atoms with Crippen molar-refractivity contribution < 1.29 is 24.5 Å². The standard InChI is InChI=1S/C22H28N2O5/c1-12(25)15-8-13-10-21(20(26)29-3)18(15)24(11-13)7-6-22(27)16-9-14(28-2)4-5-17(16)23-19(21)22/h4-5,9,12-13,15,18,25,27H,6-8,10-11H2,1-3H3/t12-,13-,15+,18+,21-,22-/m0/s1. The molecule has 1 unspecified atom stereocenters. The normalized spacial score (nSPS) is 40.4. The zero-order chi connectivity index (χ0) is 20.6. The molecule has 0 amide bonds. The number of methoxy groups -OCH3 is 2. The first-order chi connectivity index (χ1) is 13.8. The zero-order valence-electron chi connectivity index (χ0n) is 17.1. The number of aliphatic imine (C=N–C) groups is 1. The smallest absolute Gasteiger partial charge is 0.319 e. The molecule has 1 aliphatic carbocycles. The number of fused-ring (bicyclic) bond motifs is 4. The van der Waals surface area contributed by atoms with Crippen LogP contribution in [0.4, 0.5) is 5.69 Å². The summed E-state index contributed by atoms with van der Waals surface area (Å²) in [7, 11) is 2.99. The molecular weight excluding hydrogens is 372 g/mol. The number of ether oxygens (including phenoxy) is 2. The van der Waals surface area contributed by atoms with Crippen molar-refractivity contribution in [3.63, 3.8) is 0 Å². The molecule has 6 rings (SSSR count). The van der Waals surface area contributed by atoms with Crippen molar-refractivity contribution in [2.24, 2.45) is 22.2 Å². The molecule has 0 radical (unpaired) electrons. The van der Waals surface area contributed by atoms with Crippen molar-refractivity contribution in [2.75, 3.05) is 27.3 Å². The van der Waals surface area contributed by atoms with Crippen LogP contribution in [-0.4, -0.2) is 66.2 Å². The Kier molecular flexibility index (Phi) is 4.11. The molecule has 1 aromatic rings. The van der Waals surface area contributed by atoms with Gasteiger partial charge in [-0.2, -0.15) is 0 Å². The first-order valence-corrected chi connectivity index (χ1v) is 10.4. The Hall–Kier alpha value is -1.96. The lowest BCUT2D eigenvalue weighted by Gasteiger charge is -2.58.